The topological polar surface area (TPSA) is 63.3 Å². The second kappa shape index (κ2) is 4.41. The molecule has 0 spiro atoms. The van der Waals surface area contributed by atoms with Crippen LogP contribution in [0.5, 0.6) is 0 Å². The Kier molecular flexibility index (Phi) is 3.48. The van der Waals surface area contributed by atoms with Gasteiger partial charge in [0.2, 0.25) is 0 Å². The third-order valence-electron chi connectivity index (χ3n) is 2.47. The molecule has 0 saturated heterocycles. The molecule has 68 valence electrons. The molecule has 0 heterocycles. The van der Waals surface area contributed by atoms with Crippen LogP contribution < -0.4 is 5.73 Å². The highest BCUT2D eigenvalue weighted by molar-refractivity contribution is 5.53. The lowest BCUT2D eigenvalue weighted by atomic mass is 9.98. The molecule has 3 nitrogen and oxygen atoms in total. The SMILES string of the molecule is NC(O)C(=C=O)CC1CCCC1. The van der Waals surface area contributed by atoms with Crippen molar-refractivity contribution in [3.63, 3.8) is 0 Å². The Morgan fingerprint density at radius 1 is 1.58 bits per heavy atom. The van der Waals surface area contributed by atoms with Crippen LogP contribution >= 0.6 is 0 Å². The summed E-state index contributed by atoms with van der Waals surface area (Å²) in [6.45, 7) is 0. The summed E-state index contributed by atoms with van der Waals surface area (Å²) in [5, 5.41) is 8.95. The fraction of sp³-hybridized carbons (Fsp3) is 0.778. The lowest BCUT2D eigenvalue weighted by molar-refractivity contribution is 0.211. The summed E-state index contributed by atoms with van der Waals surface area (Å²) in [7, 11) is 0. The van der Waals surface area contributed by atoms with Crippen molar-refractivity contribution < 1.29 is 9.90 Å². The molecule has 3 N–H and O–H groups in total. The zero-order chi connectivity index (χ0) is 8.97. The third kappa shape index (κ3) is 2.45. The van der Waals surface area contributed by atoms with Crippen molar-refractivity contribution in [2.75, 3.05) is 0 Å². The molecule has 0 bridgehead atoms. The van der Waals surface area contributed by atoms with Gasteiger partial charge in [-0.25, -0.2) is 4.79 Å². The lowest BCUT2D eigenvalue weighted by Gasteiger charge is -2.10. The zero-order valence-corrected chi connectivity index (χ0v) is 7.12. The average Bonchev–Trinajstić information content (AvgIpc) is 2.51. The molecule has 12 heavy (non-hydrogen) atoms. The second-order valence-electron chi connectivity index (χ2n) is 3.43. The molecule has 0 aliphatic heterocycles. The van der Waals surface area contributed by atoms with Crippen molar-refractivity contribution in [1.29, 1.82) is 0 Å². The number of hydrogen-bond acceptors (Lipinski definition) is 3. The molecule has 1 atom stereocenters. The van der Waals surface area contributed by atoms with Crippen molar-refractivity contribution in [3.8, 4) is 0 Å². The smallest absolute Gasteiger partial charge is 0.135 e. The first kappa shape index (κ1) is 9.46. The maximum Gasteiger partial charge on any atom is 0.135 e. The maximum atomic E-state index is 10.3. The summed E-state index contributed by atoms with van der Waals surface area (Å²) in [6.07, 6.45) is 4.29. The summed E-state index contributed by atoms with van der Waals surface area (Å²) < 4.78 is 0. The van der Waals surface area contributed by atoms with Gasteiger partial charge in [-0.15, -0.1) is 0 Å². The van der Waals surface area contributed by atoms with E-state index in [4.69, 9.17) is 10.8 Å². The van der Waals surface area contributed by atoms with E-state index in [-0.39, 0.29) is 0 Å². The predicted molar refractivity (Wildman–Crippen MR) is 46.0 cm³/mol. The molecule has 0 aromatic heterocycles. The average molecular weight is 169 g/mol. The standard InChI is InChI=1S/C9H15NO2/c10-9(12)8(6-11)5-7-3-1-2-4-7/h7,9,12H,1-5,10H2. The summed E-state index contributed by atoms with van der Waals surface area (Å²) in [5.41, 5.74) is 5.50. The molecule has 0 amide bonds. The van der Waals surface area contributed by atoms with Crippen LogP contribution in [-0.4, -0.2) is 17.3 Å². The van der Waals surface area contributed by atoms with Crippen molar-refractivity contribution in [1.82, 2.24) is 0 Å². The van der Waals surface area contributed by atoms with E-state index >= 15 is 0 Å². The van der Waals surface area contributed by atoms with Gasteiger partial charge in [-0.05, 0) is 12.3 Å². The van der Waals surface area contributed by atoms with Gasteiger partial charge in [0.05, 0.1) is 5.57 Å². The van der Waals surface area contributed by atoms with Gasteiger partial charge in [-0.3, -0.25) is 0 Å². The van der Waals surface area contributed by atoms with Crippen LogP contribution in [0, 0.1) is 5.92 Å². The van der Waals surface area contributed by atoms with Crippen LogP contribution in [0.25, 0.3) is 0 Å². The molecule has 1 unspecified atom stereocenters. The monoisotopic (exact) mass is 169 g/mol. The van der Waals surface area contributed by atoms with Gasteiger partial charge in [-0.1, -0.05) is 25.7 Å². The van der Waals surface area contributed by atoms with Crippen LogP contribution in [0.1, 0.15) is 32.1 Å². The van der Waals surface area contributed by atoms with Gasteiger partial charge in [-0.2, -0.15) is 0 Å². The van der Waals surface area contributed by atoms with Crippen LogP contribution in [-0.2, 0) is 4.79 Å². The van der Waals surface area contributed by atoms with Crippen LogP contribution in [0.15, 0.2) is 5.57 Å². The van der Waals surface area contributed by atoms with Gasteiger partial charge in [0, 0.05) is 0 Å². The molecule has 1 fully saturated rings. The quantitative estimate of drug-likeness (QED) is 0.480. The van der Waals surface area contributed by atoms with E-state index in [0.29, 0.717) is 17.9 Å². The van der Waals surface area contributed by atoms with E-state index in [1.54, 1.807) is 5.94 Å². The highest BCUT2D eigenvalue weighted by Crippen LogP contribution is 2.29. The van der Waals surface area contributed by atoms with Crippen LogP contribution in [0.2, 0.25) is 0 Å². The molecule has 0 aromatic carbocycles. The molecule has 3 heteroatoms. The minimum absolute atomic E-state index is 0.321. The van der Waals surface area contributed by atoms with Crippen molar-refractivity contribution in [3.05, 3.63) is 5.57 Å². The van der Waals surface area contributed by atoms with Gasteiger partial charge in [0.25, 0.3) is 0 Å². The number of carbonyl (C=O) groups excluding carboxylic acids is 1. The van der Waals surface area contributed by atoms with E-state index in [1.807, 2.05) is 0 Å². The summed E-state index contributed by atoms with van der Waals surface area (Å²) in [6, 6.07) is 0. The summed E-state index contributed by atoms with van der Waals surface area (Å²) in [4.78, 5) is 10.3. The van der Waals surface area contributed by atoms with Crippen LogP contribution in [0.4, 0.5) is 0 Å². The molecular weight excluding hydrogens is 154 g/mol. The number of rotatable bonds is 3. The lowest BCUT2D eigenvalue weighted by Crippen LogP contribution is -2.23. The molecular formula is C9H15NO2. The molecule has 1 rings (SSSR count). The van der Waals surface area contributed by atoms with Gasteiger partial charge in [0.1, 0.15) is 12.2 Å². The zero-order valence-electron chi connectivity index (χ0n) is 7.12. The molecule has 1 aliphatic rings. The summed E-state index contributed by atoms with van der Waals surface area (Å²) in [5.74, 6) is 2.26. The van der Waals surface area contributed by atoms with E-state index in [9.17, 15) is 4.79 Å². The third-order valence-corrected chi connectivity index (χ3v) is 2.47. The first-order valence-corrected chi connectivity index (χ1v) is 4.41. The first-order valence-electron chi connectivity index (χ1n) is 4.41. The van der Waals surface area contributed by atoms with Crippen LogP contribution in [0.3, 0.4) is 0 Å². The molecule has 0 aromatic rings. The van der Waals surface area contributed by atoms with E-state index in [0.717, 1.165) is 12.8 Å². The Morgan fingerprint density at radius 3 is 2.58 bits per heavy atom. The maximum absolute atomic E-state index is 10.3. The Morgan fingerprint density at radius 2 is 2.17 bits per heavy atom. The van der Waals surface area contributed by atoms with Crippen molar-refractivity contribution in [2.45, 2.75) is 38.3 Å². The number of hydrogen-bond donors (Lipinski definition) is 2. The molecule has 1 aliphatic carbocycles. The number of nitrogens with two attached hydrogens (primary N) is 1. The summed E-state index contributed by atoms with van der Waals surface area (Å²) >= 11 is 0. The second-order valence-corrected chi connectivity index (χ2v) is 3.43. The van der Waals surface area contributed by atoms with E-state index in [1.165, 1.54) is 12.8 Å². The number of aliphatic hydroxyl groups excluding tert-OH is 1. The minimum atomic E-state index is -1.11. The van der Waals surface area contributed by atoms with Gasteiger partial charge < -0.3 is 10.8 Å². The van der Waals surface area contributed by atoms with E-state index in [2.05, 4.69) is 0 Å². The van der Waals surface area contributed by atoms with Gasteiger partial charge >= 0.3 is 0 Å². The molecule has 0 radical (unpaired) electrons. The normalized spacial score (nSPS) is 20.5. The Bertz CT molecular complexity index is 189. The predicted octanol–water partition coefficient (Wildman–Crippen LogP) is 0.602. The largest absolute Gasteiger partial charge is 0.374 e. The van der Waals surface area contributed by atoms with Crippen molar-refractivity contribution in [2.24, 2.45) is 11.7 Å². The Labute approximate surface area is 72.3 Å². The van der Waals surface area contributed by atoms with E-state index < -0.39 is 6.23 Å². The molecule has 1 saturated carbocycles. The van der Waals surface area contributed by atoms with Crippen molar-refractivity contribution >= 4 is 5.94 Å². The Balaban J connectivity index is 2.42. The fourth-order valence-electron chi connectivity index (χ4n) is 1.75. The highest BCUT2D eigenvalue weighted by Gasteiger charge is 2.19. The Hall–Kier alpha value is -0.630. The number of aliphatic hydroxyl groups is 1. The fourth-order valence-corrected chi connectivity index (χ4v) is 1.75. The minimum Gasteiger partial charge on any atom is -0.374 e. The first-order chi connectivity index (χ1) is 5.74. The van der Waals surface area contributed by atoms with Gasteiger partial charge in [0.15, 0.2) is 0 Å². The highest BCUT2D eigenvalue weighted by atomic mass is 16.3.